The molecule has 3 heteroatoms. The van der Waals surface area contributed by atoms with E-state index in [4.69, 9.17) is 4.74 Å². The zero-order chi connectivity index (χ0) is 12.1. The summed E-state index contributed by atoms with van der Waals surface area (Å²) in [6.45, 7) is 6.89. The topological polar surface area (TPSA) is 34.1 Å². The molecule has 0 aromatic carbocycles. The van der Waals surface area contributed by atoms with Gasteiger partial charge in [0.05, 0.1) is 18.3 Å². The normalized spacial score (nSPS) is 18.6. The number of aryl methyl sites for hydroxylation is 1. The van der Waals surface area contributed by atoms with E-state index >= 15 is 0 Å². The molecule has 1 heterocycles. The van der Waals surface area contributed by atoms with Crippen LogP contribution in [0, 0.1) is 5.92 Å². The van der Waals surface area contributed by atoms with Crippen molar-refractivity contribution in [2.24, 2.45) is 5.92 Å². The fourth-order valence-electron chi connectivity index (χ4n) is 2.24. The molecule has 0 fully saturated rings. The average molecular weight is 234 g/mol. The predicted octanol–water partition coefficient (Wildman–Crippen LogP) is 2.33. The van der Waals surface area contributed by atoms with Crippen molar-refractivity contribution < 1.29 is 4.74 Å². The summed E-state index contributed by atoms with van der Waals surface area (Å²) in [5, 5.41) is 3.52. The van der Waals surface area contributed by atoms with Crippen LogP contribution in [0.2, 0.25) is 0 Å². The van der Waals surface area contributed by atoms with Crippen molar-refractivity contribution in [3.8, 4) is 0 Å². The molecule has 0 aliphatic heterocycles. The van der Waals surface area contributed by atoms with E-state index in [1.807, 2.05) is 12.3 Å². The predicted molar refractivity (Wildman–Crippen MR) is 69.0 cm³/mol. The second-order valence-electron chi connectivity index (χ2n) is 5.06. The minimum atomic E-state index is 0.425. The lowest BCUT2D eigenvalue weighted by atomic mass is 10.2. The molecule has 1 aromatic heterocycles. The van der Waals surface area contributed by atoms with Crippen LogP contribution in [-0.2, 0) is 11.2 Å². The molecule has 0 bridgehead atoms. The van der Waals surface area contributed by atoms with Gasteiger partial charge in [0.25, 0.3) is 0 Å². The molecule has 0 saturated heterocycles. The Labute approximate surface area is 104 Å². The lowest BCUT2D eigenvalue weighted by molar-refractivity contribution is 0.110. The summed E-state index contributed by atoms with van der Waals surface area (Å²) in [7, 11) is 0. The van der Waals surface area contributed by atoms with Gasteiger partial charge in [0.15, 0.2) is 0 Å². The molecular weight excluding hydrogens is 212 g/mol. The van der Waals surface area contributed by atoms with Crippen molar-refractivity contribution in [3.05, 3.63) is 29.6 Å². The van der Waals surface area contributed by atoms with Crippen molar-refractivity contribution in [2.75, 3.05) is 19.8 Å². The molecule has 3 nitrogen and oxygen atoms in total. The van der Waals surface area contributed by atoms with Crippen LogP contribution >= 0.6 is 0 Å². The number of hydrogen-bond acceptors (Lipinski definition) is 3. The Kier molecular flexibility index (Phi) is 4.51. The number of ether oxygens (including phenoxy) is 1. The number of pyridine rings is 1. The summed E-state index contributed by atoms with van der Waals surface area (Å²) in [5.74, 6) is 0.615. The first-order valence-corrected chi connectivity index (χ1v) is 6.52. The van der Waals surface area contributed by atoms with Crippen LogP contribution in [-0.4, -0.2) is 24.7 Å². The summed E-state index contributed by atoms with van der Waals surface area (Å²) < 4.78 is 5.56. The van der Waals surface area contributed by atoms with Gasteiger partial charge < -0.3 is 10.1 Å². The molecule has 17 heavy (non-hydrogen) atoms. The summed E-state index contributed by atoms with van der Waals surface area (Å²) in [6, 6.07) is 4.63. The van der Waals surface area contributed by atoms with Gasteiger partial charge in [-0.25, -0.2) is 0 Å². The van der Waals surface area contributed by atoms with Crippen LogP contribution < -0.4 is 5.32 Å². The van der Waals surface area contributed by atoms with Crippen molar-refractivity contribution in [1.29, 1.82) is 0 Å². The molecule has 94 valence electrons. The summed E-state index contributed by atoms with van der Waals surface area (Å²) in [6.07, 6.45) is 4.19. The molecule has 0 amide bonds. The molecule has 1 aliphatic rings. The fourth-order valence-corrected chi connectivity index (χ4v) is 2.24. The van der Waals surface area contributed by atoms with Crippen LogP contribution in [0.15, 0.2) is 18.3 Å². The van der Waals surface area contributed by atoms with Gasteiger partial charge in [-0.15, -0.1) is 0 Å². The highest BCUT2D eigenvalue weighted by atomic mass is 16.5. The molecule has 0 saturated carbocycles. The van der Waals surface area contributed by atoms with Gasteiger partial charge in [0, 0.05) is 19.3 Å². The quantitative estimate of drug-likeness (QED) is 0.767. The second-order valence-corrected chi connectivity index (χ2v) is 5.06. The van der Waals surface area contributed by atoms with Gasteiger partial charge in [-0.05, 0) is 30.4 Å². The highest BCUT2D eigenvalue weighted by molar-refractivity contribution is 5.27. The SMILES string of the molecule is CC(C)COCCNC1CCc2cccnc21. The van der Waals surface area contributed by atoms with Crippen LogP contribution in [0.5, 0.6) is 0 Å². The first-order valence-electron chi connectivity index (χ1n) is 6.52. The number of aromatic nitrogens is 1. The third-order valence-electron chi connectivity index (χ3n) is 3.05. The van der Waals surface area contributed by atoms with Crippen molar-refractivity contribution in [2.45, 2.75) is 32.7 Å². The van der Waals surface area contributed by atoms with Crippen LogP contribution in [0.1, 0.15) is 37.6 Å². The Bertz CT molecular complexity index is 352. The Balaban J connectivity index is 1.71. The van der Waals surface area contributed by atoms with Crippen LogP contribution in [0.3, 0.4) is 0 Å². The third-order valence-corrected chi connectivity index (χ3v) is 3.05. The Morgan fingerprint density at radius 3 is 3.24 bits per heavy atom. The smallest absolute Gasteiger partial charge is 0.0605 e. The zero-order valence-electron chi connectivity index (χ0n) is 10.8. The summed E-state index contributed by atoms with van der Waals surface area (Å²) in [5.41, 5.74) is 2.63. The van der Waals surface area contributed by atoms with Crippen molar-refractivity contribution in [3.63, 3.8) is 0 Å². The van der Waals surface area contributed by atoms with Gasteiger partial charge >= 0.3 is 0 Å². The van der Waals surface area contributed by atoms with E-state index < -0.39 is 0 Å². The highest BCUT2D eigenvalue weighted by Crippen LogP contribution is 2.28. The Morgan fingerprint density at radius 2 is 2.41 bits per heavy atom. The van der Waals surface area contributed by atoms with E-state index in [9.17, 15) is 0 Å². The molecule has 0 spiro atoms. The molecule has 1 unspecified atom stereocenters. The average Bonchev–Trinajstić information content (AvgIpc) is 2.72. The fraction of sp³-hybridized carbons (Fsp3) is 0.643. The maximum atomic E-state index is 5.56. The minimum absolute atomic E-state index is 0.425. The van der Waals surface area contributed by atoms with Crippen LogP contribution in [0.25, 0.3) is 0 Å². The molecule has 1 aromatic rings. The van der Waals surface area contributed by atoms with Crippen LogP contribution in [0.4, 0.5) is 0 Å². The molecular formula is C14H22N2O. The van der Waals surface area contributed by atoms with E-state index in [-0.39, 0.29) is 0 Å². The zero-order valence-corrected chi connectivity index (χ0v) is 10.8. The lowest BCUT2D eigenvalue weighted by Crippen LogP contribution is -2.24. The maximum Gasteiger partial charge on any atom is 0.0605 e. The lowest BCUT2D eigenvalue weighted by Gasteiger charge is -2.13. The first-order chi connectivity index (χ1) is 8.27. The van der Waals surface area contributed by atoms with E-state index in [1.165, 1.54) is 11.3 Å². The first kappa shape index (κ1) is 12.5. The van der Waals surface area contributed by atoms with Crippen molar-refractivity contribution >= 4 is 0 Å². The largest absolute Gasteiger partial charge is 0.380 e. The number of nitrogens with zero attached hydrogens (tertiary/aromatic N) is 1. The summed E-state index contributed by atoms with van der Waals surface area (Å²) in [4.78, 5) is 4.46. The van der Waals surface area contributed by atoms with Gasteiger partial charge in [0.2, 0.25) is 0 Å². The van der Waals surface area contributed by atoms with E-state index in [1.54, 1.807) is 0 Å². The van der Waals surface area contributed by atoms with E-state index in [0.717, 1.165) is 32.6 Å². The minimum Gasteiger partial charge on any atom is -0.380 e. The molecule has 1 atom stereocenters. The molecule has 2 rings (SSSR count). The Morgan fingerprint density at radius 1 is 1.53 bits per heavy atom. The third kappa shape index (κ3) is 3.51. The van der Waals surface area contributed by atoms with Gasteiger partial charge in [0.1, 0.15) is 0 Å². The maximum absolute atomic E-state index is 5.56. The van der Waals surface area contributed by atoms with Gasteiger partial charge in [-0.2, -0.15) is 0 Å². The monoisotopic (exact) mass is 234 g/mol. The second kappa shape index (κ2) is 6.12. The van der Waals surface area contributed by atoms with Gasteiger partial charge in [-0.1, -0.05) is 19.9 Å². The molecule has 1 aliphatic carbocycles. The standard InChI is InChI=1S/C14H22N2O/c1-11(2)10-17-9-8-15-13-6-5-12-4-3-7-16-14(12)13/h3-4,7,11,13,15H,5-6,8-10H2,1-2H3. The number of fused-ring (bicyclic) bond motifs is 1. The number of hydrogen-bond donors (Lipinski definition) is 1. The number of rotatable bonds is 6. The van der Waals surface area contributed by atoms with Gasteiger partial charge in [-0.3, -0.25) is 4.98 Å². The summed E-state index contributed by atoms with van der Waals surface area (Å²) >= 11 is 0. The van der Waals surface area contributed by atoms with Crippen molar-refractivity contribution in [1.82, 2.24) is 10.3 Å². The number of nitrogens with one attached hydrogen (secondary N) is 1. The van der Waals surface area contributed by atoms with E-state index in [2.05, 4.69) is 30.2 Å². The highest BCUT2D eigenvalue weighted by Gasteiger charge is 2.22. The molecule has 1 N–H and O–H groups in total. The Hall–Kier alpha value is -0.930. The molecule has 0 radical (unpaired) electrons. The van der Waals surface area contributed by atoms with E-state index in [0.29, 0.717) is 12.0 Å².